The number of rotatable bonds is 10. The lowest BCUT2D eigenvalue weighted by Crippen LogP contribution is -2.22. The van der Waals surface area contributed by atoms with Crippen LogP contribution in [0.1, 0.15) is 44.1 Å². The number of halogens is 1. The molecule has 0 radical (unpaired) electrons. The van der Waals surface area contributed by atoms with E-state index < -0.39 is 0 Å². The van der Waals surface area contributed by atoms with Crippen LogP contribution >= 0.6 is 15.9 Å². The van der Waals surface area contributed by atoms with E-state index in [9.17, 15) is 0 Å². The molecule has 0 fully saturated rings. The molecule has 1 unspecified atom stereocenters. The van der Waals surface area contributed by atoms with Crippen molar-refractivity contribution in [3.63, 3.8) is 0 Å². The average Bonchev–Trinajstić information content (AvgIpc) is 2.41. The highest BCUT2D eigenvalue weighted by Gasteiger charge is 2.11. The van der Waals surface area contributed by atoms with Crippen LogP contribution in [-0.4, -0.2) is 26.8 Å². The first kappa shape index (κ1) is 16.7. The summed E-state index contributed by atoms with van der Waals surface area (Å²) in [5.41, 5.74) is 1.43. The zero-order valence-corrected chi connectivity index (χ0v) is 13.7. The summed E-state index contributed by atoms with van der Waals surface area (Å²) >= 11 is 3.56. The zero-order chi connectivity index (χ0) is 13.9. The summed E-state index contributed by atoms with van der Waals surface area (Å²) in [5.74, 6) is 0.598. The van der Waals surface area contributed by atoms with Gasteiger partial charge in [0, 0.05) is 24.7 Å². The predicted molar refractivity (Wildman–Crippen MR) is 85.8 cm³/mol. The largest absolute Gasteiger partial charge is 0.385 e. The number of hydrogen-bond acceptors (Lipinski definition) is 2. The monoisotopic (exact) mass is 327 g/mol. The van der Waals surface area contributed by atoms with E-state index >= 15 is 0 Å². The standard InChI is InChI=1S/C16H26BrNO/c1-3-10-18-13-15(7-4-5-11-19-2)14-8-6-9-16(17)12-14/h6,8-9,12,15,18H,3-5,7,10-11,13H2,1-2H3. The van der Waals surface area contributed by atoms with E-state index in [1.165, 1.54) is 29.3 Å². The third kappa shape index (κ3) is 7.09. The molecule has 0 spiro atoms. The van der Waals surface area contributed by atoms with Gasteiger partial charge in [-0.3, -0.25) is 0 Å². The Morgan fingerprint density at radius 3 is 2.84 bits per heavy atom. The van der Waals surface area contributed by atoms with Crippen molar-refractivity contribution in [3.8, 4) is 0 Å². The van der Waals surface area contributed by atoms with Gasteiger partial charge in [-0.15, -0.1) is 0 Å². The fraction of sp³-hybridized carbons (Fsp3) is 0.625. The summed E-state index contributed by atoms with van der Waals surface area (Å²) in [5, 5.41) is 3.55. The Kier molecular flexibility index (Phi) is 9.14. The number of methoxy groups -OCH3 is 1. The highest BCUT2D eigenvalue weighted by molar-refractivity contribution is 9.10. The third-order valence-electron chi connectivity index (χ3n) is 3.29. The van der Waals surface area contributed by atoms with Gasteiger partial charge in [0.15, 0.2) is 0 Å². The van der Waals surface area contributed by atoms with Crippen molar-refractivity contribution >= 4 is 15.9 Å². The highest BCUT2D eigenvalue weighted by atomic mass is 79.9. The topological polar surface area (TPSA) is 21.3 Å². The van der Waals surface area contributed by atoms with Crippen molar-refractivity contribution in [2.75, 3.05) is 26.8 Å². The van der Waals surface area contributed by atoms with Gasteiger partial charge in [-0.25, -0.2) is 0 Å². The molecule has 0 saturated heterocycles. The van der Waals surface area contributed by atoms with Gasteiger partial charge in [-0.1, -0.05) is 41.4 Å². The fourth-order valence-electron chi connectivity index (χ4n) is 2.24. The van der Waals surface area contributed by atoms with E-state index in [2.05, 4.69) is 52.4 Å². The van der Waals surface area contributed by atoms with Gasteiger partial charge in [-0.05, 0) is 49.4 Å². The van der Waals surface area contributed by atoms with Crippen LogP contribution in [0.15, 0.2) is 28.7 Å². The van der Waals surface area contributed by atoms with Crippen LogP contribution in [0.5, 0.6) is 0 Å². The maximum atomic E-state index is 5.12. The molecule has 1 atom stereocenters. The molecule has 0 amide bonds. The van der Waals surface area contributed by atoms with E-state index in [1.54, 1.807) is 7.11 Å². The summed E-state index contributed by atoms with van der Waals surface area (Å²) in [4.78, 5) is 0. The van der Waals surface area contributed by atoms with E-state index in [0.717, 1.165) is 26.1 Å². The number of ether oxygens (including phenoxy) is 1. The Balaban J connectivity index is 2.52. The molecule has 0 heterocycles. The Hall–Kier alpha value is -0.380. The molecule has 0 aliphatic carbocycles. The molecule has 1 rings (SSSR count). The van der Waals surface area contributed by atoms with Crippen molar-refractivity contribution in [2.24, 2.45) is 0 Å². The van der Waals surface area contributed by atoms with Gasteiger partial charge in [0.05, 0.1) is 0 Å². The third-order valence-corrected chi connectivity index (χ3v) is 3.78. The summed E-state index contributed by atoms with van der Waals surface area (Å²) < 4.78 is 6.29. The van der Waals surface area contributed by atoms with Gasteiger partial charge >= 0.3 is 0 Å². The first-order chi connectivity index (χ1) is 9.27. The van der Waals surface area contributed by atoms with Crippen LogP contribution in [0.4, 0.5) is 0 Å². The second-order valence-corrected chi connectivity index (χ2v) is 5.86. The molecule has 1 aromatic rings. The summed E-state index contributed by atoms with van der Waals surface area (Å²) in [7, 11) is 1.77. The van der Waals surface area contributed by atoms with Crippen molar-refractivity contribution in [1.29, 1.82) is 0 Å². The summed E-state index contributed by atoms with van der Waals surface area (Å²) in [6.07, 6.45) is 4.78. The predicted octanol–water partition coefficient (Wildman–Crippen LogP) is 4.35. The normalized spacial score (nSPS) is 12.6. The molecule has 0 aliphatic rings. The molecule has 0 saturated carbocycles. The van der Waals surface area contributed by atoms with Crippen molar-refractivity contribution in [2.45, 2.75) is 38.5 Å². The number of unbranched alkanes of at least 4 members (excludes halogenated alkanes) is 1. The molecule has 19 heavy (non-hydrogen) atoms. The molecule has 108 valence electrons. The van der Waals surface area contributed by atoms with Crippen LogP contribution in [0.2, 0.25) is 0 Å². The minimum Gasteiger partial charge on any atom is -0.385 e. The minimum absolute atomic E-state index is 0.598. The fourth-order valence-corrected chi connectivity index (χ4v) is 2.65. The highest BCUT2D eigenvalue weighted by Crippen LogP contribution is 2.24. The van der Waals surface area contributed by atoms with Crippen LogP contribution in [0.25, 0.3) is 0 Å². The maximum Gasteiger partial charge on any atom is 0.0462 e. The maximum absolute atomic E-state index is 5.12. The van der Waals surface area contributed by atoms with Gasteiger partial charge in [0.1, 0.15) is 0 Å². The second-order valence-electron chi connectivity index (χ2n) is 4.94. The first-order valence-corrected chi connectivity index (χ1v) is 8.02. The van der Waals surface area contributed by atoms with Crippen LogP contribution in [0.3, 0.4) is 0 Å². The van der Waals surface area contributed by atoms with E-state index in [4.69, 9.17) is 4.74 Å². The molecule has 0 aliphatic heterocycles. The zero-order valence-electron chi connectivity index (χ0n) is 12.1. The number of hydrogen-bond donors (Lipinski definition) is 1. The Bertz CT molecular complexity index is 343. The SMILES string of the molecule is CCCNCC(CCCCOC)c1cccc(Br)c1. The lowest BCUT2D eigenvalue weighted by molar-refractivity contribution is 0.191. The van der Waals surface area contributed by atoms with Crippen molar-refractivity contribution < 1.29 is 4.74 Å². The smallest absolute Gasteiger partial charge is 0.0462 e. The number of benzene rings is 1. The molecule has 3 heteroatoms. The molecule has 1 N–H and O–H groups in total. The second kappa shape index (κ2) is 10.4. The molecular weight excluding hydrogens is 302 g/mol. The first-order valence-electron chi connectivity index (χ1n) is 7.23. The Morgan fingerprint density at radius 1 is 1.32 bits per heavy atom. The van der Waals surface area contributed by atoms with Gasteiger partial charge in [0.2, 0.25) is 0 Å². The van der Waals surface area contributed by atoms with E-state index in [1.807, 2.05) is 0 Å². The van der Waals surface area contributed by atoms with E-state index in [-0.39, 0.29) is 0 Å². The lowest BCUT2D eigenvalue weighted by Gasteiger charge is -2.18. The molecule has 1 aromatic carbocycles. The number of nitrogens with one attached hydrogen (secondary N) is 1. The summed E-state index contributed by atoms with van der Waals surface area (Å²) in [6.45, 7) is 5.24. The quantitative estimate of drug-likeness (QED) is 0.645. The van der Waals surface area contributed by atoms with Crippen LogP contribution in [-0.2, 0) is 4.74 Å². The summed E-state index contributed by atoms with van der Waals surface area (Å²) in [6, 6.07) is 8.69. The lowest BCUT2D eigenvalue weighted by atomic mass is 9.93. The van der Waals surface area contributed by atoms with E-state index in [0.29, 0.717) is 5.92 Å². The molecular formula is C16H26BrNO. The minimum atomic E-state index is 0.598. The average molecular weight is 328 g/mol. The van der Waals surface area contributed by atoms with Crippen LogP contribution in [0, 0.1) is 0 Å². The van der Waals surface area contributed by atoms with Crippen molar-refractivity contribution in [3.05, 3.63) is 34.3 Å². The molecule has 0 aromatic heterocycles. The van der Waals surface area contributed by atoms with Gasteiger partial charge in [-0.2, -0.15) is 0 Å². The Labute approximate surface area is 126 Å². The van der Waals surface area contributed by atoms with Crippen LogP contribution < -0.4 is 5.32 Å². The molecule has 2 nitrogen and oxygen atoms in total. The van der Waals surface area contributed by atoms with Crippen molar-refractivity contribution in [1.82, 2.24) is 5.32 Å². The van der Waals surface area contributed by atoms with Gasteiger partial charge in [0.25, 0.3) is 0 Å². The Morgan fingerprint density at radius 2 is 2.16 bits per heavy atom. The van der Waals surface area contributed by atoms with Gasteiger partial charge < -0.3 is 10.1 Å². The molecule has 0 bridgehead atoms.